The van der Waals surface area contributed by atoms with Crippen LogP contribution in [-0.2, 0) is 24.1 Å². The molecule has 1 amide bonds. The van der Waals surface area contributed by atoms with Crippen LogP contribution in [0.15, 0.2) is 0 Å². The van der Waals surface area contributed by atoms with E-state index in [-0.39, 0.29) is 55.7 Å². The third-order valence-corrected chi connectivity index (χ3v) is 4.51. The molecule has 0 aromatic carbocycles. The first-order valence-corrected chi connectivity index (χ1v) is 7.39. The van der Waals surface area contributed by atoms with Crippen molar-refractivity contribution < 1.29 is 18.0 Å². The van der Waals surface area contributed by atoms with Crippen molar-refractivity contribution in [2.45, 2.75) is 51.0 Å². The van der Waals surface area contributed by atoms with Gasteiger partial charge < -0.3 is 15.2 Å². The third kappa shape index (κ3) is 3.60. The van der Waals surface area contributed by atoms with Gasteiger partial charge in [-0.05, 0) is 18.8 Å². The lowest BCUT2D eigenvalue weighted by atomic mass is 9.99. The third-order valence-electron chi connectivity index (χ3n) is 4.51. The van der Waals surface area contributed by atoms with Gasteiger partial charge in [-0.15, -0.1) is 22.6 Å². The second kappa shape index (κ2) is 6.64. The molecule has 10 heteroatoms. The van der Waals surface area contributed by atoms with Crippen LogP contribution in [-0.4, -0.2) is 38.2 Å². The summed E-state index contributed by atoms with van der Waals surface area (Å²) >= 11 is 0. The standard InChI is InChI=1S/C13H18F3N5O.ClH/c14-13(15,16)12-19-18-10-7-20(4-5-21(10)12)11(22)6-8-2-1-3-9(8)17;/h8-9H,1-7,17H2;1H/t8-,9+;/m0./s1. The highest BCUT2D eigenvalue weighted by Crippen LogP contribution is 2.30. The molecular weight excluding hydrogens is 335 g/mol. The molecule has 1 aromatic rings. The number of nitrogens with zero attached hydrogens (tertiary/aromatic N) is 4. The minimum absolute atomic E-state index is 0. The van der Waals surface area contributed by atoms with Gasteiger partial charge in [0.2, 0.25) is 11.7 Å². The van der Waals surface area contributed by atoms with Gasteiger partial charge >= 0.3 is 6.18 Å². The van der Waals surface area contributed by atoms with Crippen molar-refractivity contribution >= 4 is 18.3 Å². The number of carbonyl (C=O) groups excluding carboxylic acids is 1. The fourth-order valence-corrected chi connectivity index (χ4v) is 3.25. The summed E-state index contributed by atoms with van der Waals surface area (Å²) in [5.41, 5.74) is 5.96. The Bertz CT molecular complexity index is 576. The summed E-state index contributed by atoms with van der Waals surface area (Å²) in [6, 6.07) is 0.0502. The number of hydrogen-bond acceptors (Lipinski definition) is 4. The number of halogens is 4. The Morgan fingerprint density at radius 1 is 1.26 bits per heavy atom. The first-order chi connectivity index (χ1) is 10.4. The summed E-state index contributed by atoms with van der Waals surface area (Å²) < 4.78 is 39.3. The Kier molecular flexibility index (Phi) is 5.20. The molecule has 1 saturated carbocycles. The molecule has 2 atom stereocenters. The smallest absolute Gasteiger partial charge is 0.333 e. The normalized spacial score (nSPS) is 24.3. The summed E-state index contributed by atoms with van der Waals surface area (Å²) in [4.78, 5) is 13.9. The molecule has 2 aliphatic rings. The highest BCUT2D eigenvalue weighted by molar-refractivity contribution is 5.85. The Morgan fingerprint density at radius 3 is 2.61 bits per heavy atom. The van der Waals surface area contributed by atoms with Crippen molar-refractivity contribution in [2.75, 3.05) is 6.54 Å². The van der Waals surface area contributed by atoms with Crippen molar-refractivity contribution in [3.8, 4) is 0 Å². The van der Waals surface area contributed by atoms with E-state index >= 15 is 0 Å². The quantitative estimate of drug-likeness (QED) is 0.875. The van der Waals surface area contributed by atoms with Crippen molar-refractivity contribution in [1.29, 1.82) is 0 Å². The fourth-order valence-electron chi connectivity index (χ4n) is 3.25. The van der Waals surface area contributed by atoms with E-state index in [2.05, 4.69) is 10.2 Å². The first kappa shape index (κ1) is 18.0. The zero-order valence-corrected chi connectivity index (χ0v) is 13.2. The Balaban J connectivity index is 0.00000192. The maximum absolute atomic E-state index is 12.8. The maximum Gasteiger partial charge on any atom is 0.451 e. The molecule has 0 radical (unpaired) electrons. The van der Waals surface area contributed by atoms with Crippen molar-refractivity contribution in [1.82, 2.24) is 19.7 Å². The molecule has 1 aliphatic heterocycles. The summed E-state index contributed by atoms with van der Waals surface area (Å²) in [6.07, 6.45) is -1.26. The SMILES string of the molecule is Cl.N[C@@H]1CCC[C@H]1CC(=O)N1CCn2c(nnc2C(F)(F)F)C1. The second-order valence-electron chi connectivity index (χ2n) is 5.96. The second-order valence-corrected chi connectivity index (χ2v) is 5.96. The molecule has 0 spiro atoms. The van der Waals surface area contributed by atoms with Crippen molar-refractivity contribution in [2.24, 2.45) is 11.7 Å². The van der Waals surface area contributed by atoms with E-state index in [1.807, 2.05) is 0 Å². The fraction of sp³-hybridized carbons (Fsp3) is 0.769. The number of alkyl halides is 3. The van der Waals surface area contributed by atoms with Crippen LogP contribution in [0.25, 0.3) is 0 Å². The monoisotopic (exact) mass is 353 g/mol. The van der Waals surface area contributed by atoms with Crippen LogP contribution in [0.2, 0.25) is 0 Å². The van der Waals surface area contributed by atoms with Gasteiger partial charge in [0.05, 0.1) is 6.54 Å². The zero-order chi connectivity index (χ0) is 15.9. The van der Waals surface area contributed by atoms with Gasteiger partial charge in [-0.3, -0.25) is 4.79 Å². The predicted molar refractivity (Wildman–Crippen MR) is 77.6 cm³/mol. The molecule has 0 bridgehead atoms. The summed E-state index contributed by atoms with van der Waals surface area (Å²) in [5, 5.41) is 6.79. The van der Waals surface area contributed by atoms with Crippen LogP contribution in [0.3, 0.4) is 0 Å². The highest BCUT2D eigenvalue weighted by atomic mass is 35.5. The number of amides is 1. The van der Waals surface area contributed by atoms with Gasteiger partial charge in [-0.25, -0.2) is 0 Å². The molecule has 1 fully saturated rings. The number of aromatic nitrogens is 3. The van der Waals surface area contributed by atoms with Gasteiger partial charge in [0.15, 0.2) is 5.82 Å². The minimum Gasteiger partial charge on any atom is -0.333 e. The van der Waals surface area contributed by atoms with Gasteiger partial charge in [-0.1, -0.05) is 6.42 Å². The average Bonchev–Trinajstić information content (AvgIpc) is 3.04. The summed E-state index contributed by atoms with van der Waals surface area (Å²) in [6.45, 7) is 0.387. The number of hydrogen-bond donors (Lipinski definition) is 1. The molecule has 6 nitrogen and oxygen atoms in total. The van der Waals surface area contributed by atoms with E-state index < -0.39 is 12.0 Å². The molecule has 23 heavy (non-hydrogen) atoms. The lowest BCUT2D eigenvalue weighted by Gasteiger charge is -2.29. The van der Waals surface area contributed by atoms with E-state index in [0.717, 1.165) is 23.8 Å². The molecule has 1 aliphatic carbocycles. The number of fused-ring (bicyclic) bond motifs is 1. The summed E-state index contributed by atoms with van der Waals surface area (Å²) in [7, 11) is 0. The number of carbonyl (C=O) groups is 1. The van der Waals surface area contributed by atoms with Crippen LogP contribution in [0.1, 0.15) is 37.3 Å². The van der Waals surface area contributed by atoms with E-state index in [1.165, 1.54) is 0 Å². The van der Waals surface area contributed by atoms with Crippen LogP contribution >= 0.6 is 12.4 Å². The summed E-state index contributed by atoms with van der Waals surface area (Å²) in [5.74, 6) is -0.696. The Labute approximate surface area is 137 Å². The number of nitrogens with two attached hydrogens (primary N) is 1. The van der Waals surface area contributed by atoms with E-state index in [9.17, 15) is 18.0 Å². The largest absolute Gasteiger partial charge is 0.451 e. The molecule has 2 heterocycles. The minimum atomic E-state index is -4.52. The highest BCUT2D eigenvalue weighted by Gasteiger charge is 2.40. The van der Waals surface area contributed by atoms with Crippen LogP contribution in [0, 0.1) is 5.92 Å². The maximum atomic E-state index is 12.8. The Hall–Kier alpha value is -1.35. The molecule has 3 rings (SSSR count). The van der Waals surface area contributed by atoms with Gasteiger partial charge in [0.25, 0.3) is 0 Å². The zero-order valence-electron chi connectivity index (χ0n) is 12.4. The van der Waals surface area contributed by atoms with E-state index in [0.29, 0.717) is 6.42 Å². The molecular formula is C13H19ClF3N5O. The Morgan fingerprint density at radius 2 is 2.00 bits per heavy atom. The number of rotatable bonds is 2. The van der Waals surface area contributed by atoms with Gasteiger partial charge in [0, 0.05) is 25.6 Å². The molecule has 2 N–H and O–H groups in total. The lowest BCUT2D eigenvalue weighted by Crippen LogP contribution is -2.41. The van der Waals surface area contributed by atoms with Crippen LogP contribution < -0.4 is 5.73 Å². The molecule has 0 unspecified atom stereocenters. The van der Waals surface area contributed by atoms with Crippen molar-refractivity contribution in [3.05, 3.63) is 11.6 Å². The average molecular weight is 354 g/mol. The van der Waals surface area contributed by atoms with Crippen molar-refractivity contribution in [3.63, 3.8) is 0 Å². The molecule has 1 aromatic heterocycles. The van der Waals surface area contributed by atoms with Crippen LogP contribution in [0.5, 0.6) is 0 Å². The lowest BCUT2D eigenvalue weighted by molar-refractivity contribution is -0.148. The predicted octanol–water partition coefficient (Wildman–Crippen LogP) is 1.58. The van der Waals surface area contributed by atoms with E-state index in [4.69, 9.17) is 5.73 Å². The van der Waals surface area contributed by atoms with Gasteiger partial charge in [-0.2, -0.15) is 13.2 Å². The van der Waals surface area contributed by atoms with E-state index in [1.54, 1.807) is 4.90 Å². The van der Waals surface area contributed by atoms with Gasteiger partial charge in [0.1, 0.15) is 0 Å². The topological polar surface area (TPSA) is 77.0 Å². The van der Waals surface area contributed by atoms with Crippen LogP contribution in [0.4, 0.5) is 13.2 Å². The molecule has 0 saturated heterocycles. The molecule has 130 valence electrons. The first-order valence-electron chi connectivity index (χ1n) is 7.39.